The van der Waals surface area contributed by atoms with Crippen LogP contribution in [-0.4, -0.2) is 23.1 Å². The summed E-state index contributed by atoms with van der Waals surface area (Å²) in [5.74, 6) is 3.08. The fraction of sp³-hybridized carbons (Fsp3) is 0.941. The molecule has 0 aromatic carbocycles. The first-order valence-electron chi connectivity index (χ1n) is 16.0. The number of carbonyl (C=O) groups is 2. The first kappa shape index (κ1) is 29.9. The molecule has 8 atom stereocenters. The standard InChI is InChI=1S/C34H58O4/c1-22(13-15-25(29(35)37-31(2,3)4)30(36)38-32(5,6)7)26-17-18-27-24-16-14-23-12-10-11-20-33(23,8)28(24)19-21-34(26,27)9/h22-28H,10-21H2,1-9H3/t22-,23?,24?,26?,27?,28?,33+,34?/m1/s1. The number of carbonyl (C=O) groups excluding carboxylic acids is 2. The summed E-state index contributed by atoms with van der Waals surface area (Å²) in [6, 6.07) is 0. The van der Waals surface area contributed by atoms with Gasteiger partial charge in [-0.25, -0.2) is 0 Å². The highest BCUT2D eigenvalue weighted by Crippen LogP contribution is 2.68. The molecule has 4 aliphatic rings. The van der Waals surface area contributed by atoms with Crippen LogP contribution < -0.4 is 0 Å². The van der Waals surface area contributed by atoms with E-state index in [1.165, 1.54) is 64.2 Å². The molecular weight excluding hydrogens is 472 g/mol. The van der Waals surface area contributed by atoms with E-state index >= 15 is 0 Å². The van der Waals surface area contributed by atoms with Crippen LogP contribution in [0.15, 0.2) is 0 Å². The van der Waals surface area contributed by atoms with E-state index in [2.05, 4.69) is 20.8 Å². The Morgan fingerprint density at radius 1 is 0.737 bits per heavy atom. The number of hydrogen-bond acceptors (Lipinski definition) is 4. The Balaban J connectivity index is 1.44. The molecule has 4 fully saturated rings. The van der Waals surface area contributed by atoms with Gasteiger partial charge in [-0.1, -0.05) is 33.6 Å². The van der Waals surface area contributed by atoms with Crippen LogP contribution in [0.4, 0.5) is 0 Å². The van der Waals surface area contributed by atoms with Crippen molar-refractivity contribution < 1.29 is 19.1 Å². The van der Waals surface area contributed by atoms with Crippen LogP contribution in [0.1, 0.15) is 139 Å². The van der Waals surface area contributed by atoms with Crippen LogP contribution >= 0.6 is 0 Å². The first-order chi connectivity index (χ1) is 17.6. The Morgan fingerprint density at radius 2 is 1.34 bits per heavy atom. The van der Waals surface area contributed by atoms with Crippen molar-refractivity contribution in [2.24, 2.45) is 52.3 Å². The van der Waals surface area contributed by atoms with Gasteiger partial charge in [-0.3, -0.25) is 9.59 Å². The Kier molecular flexibility index (Phi) is 8.45. The average molecular weight is 531 g/mol. The van der Waals surface area contributed by atoms with Gasteiger partial charge in [0.05, 0.1) is 0 Å². The summed E-state index contributed by atoms with van der Waals surface area (Å²) in [6.45, 7) is 18.8. The Labute approximate surface area is 233 Å². The van der Waals surface area contributed by atoms with Gasteiger partial charge in [-0.05, 0) is 152 Å². The SMILES string of the molecule is C[C@H](CCC(C(=O)OC(C)(C)C)C(=O)OC(C)(C)C)C1CCC2C3CCC4CCCC[C@]4(C)C3CCC21C. The zero-order valence-electron chi connectivity index (χ0n) is 26.2. The largest absolute Gasteiger partial charge is 0.459 e. The van der Waals surface area contributed by atoms with E-state index in [1.807, 2.05) is 41.5 Å². The topological polar surface area (TPSA) is 52.6 Å². The van der Waals surface area contributed by atoms with Crippen LogP contribution in [-0.2, 0) is 19.1 Å². The van der Waals surface area contributed by atoms with Crippen molar-refractivity contribution >= 4 is 11.9 Å². The molecule has 0 spiro atoms. The molecule has 4 aliphatic carbocycles. The third-order valence-electron chi connectivity index (χ3n) is 11.6. The summed E-state index contributed by atoms with van der Waals surface area (Å²) in [4.78, 5) is 26.2. The van der Waals surface area contributed by atoms with E-state index in [0.717, 1.165) is 30.1 Å². The van der Waals surface area contributed by atoms with Crippen molar-refractivity contribution in [3.63, 3.8) is 0 Å². The van der Waals surface area contributed by atoms with E-state index in [9.17, 15) is 9.59 Å². The second-order valence-electron chi connectivity index (χ2n) is 16.3. The van der Waals surface area contributed by atoms with Crippen LogP contribution in [0.3, 0.4) is 0 Å². The van der Waals surface area contributed by atoms with Crippen molar-refractivity contribution in [3.8, 4) is 0 Å². The second-order valence-corrected chi connectivity index (χ2v) is 16.3. The van der Waals surface area contributed by atoms with Crippen molar-refractivity contribution in [3.05, 3.63) is 0 Å². The summed E-state index contributed by atoms with van der Waals surface area (Å²) >= 11 is 0. The van der Waals surface area contributed by atoms with Crippen LogP contribution in [0.2, 0.25) is 0 Å². The highest BCUT2D eigenvalue weighted by Gasteiger charge is 2.60. The maximum atomic E-state index is 13.1. The third kappa shape index (κ3) is 5.99. The minimum atomic E-state index is -0.849. The molecule has 0 radical (unpaired) electrons. The molecule has 0 bridgehead atoms. The Hall–Kier alpha value is -1.06. The average Bonchev–Trinajstić information content (AvgIpc) is 3.13. The fourth-order valence-electron chi connectivity index (χ4n) is 9.98. The minimum Gasteiger partial charge on any atom is -0.459 e. The molecule has 218 valence electrons. The molecular formula is C34H58O4. The van der Waals surface area contributed by atoms with Crippen molar-refractivity contribution in [1.82, 2.24) is 0 Å². The summed E-state index contributed by atoms with van der Waals surface area (Å²) in [6.07, 6.45) is 15.5. The molecule has 4 saturated carbocycles. The molecule has 0 amide bonds. The minimum absolute atomic E-state index is 0.395. The summed E-state index contributed by atoms with van der Waals surface area (Å²) < 4.78 is 11.3. The number of esters is 2. The number of rotatable bonds is 6. The molecule has 4 heteroatoms. The predicted molar refractivity (Wildman–Crippen MR) is 153 cm³/mol. The monoisotopic (exact) mass is 530 g/mol. The molecule has 6 unspecified atom stereocenters. The first-order valence-corrected chi connectivity index (χ1v) is 16.0. The van der Waals surface area contributed by atoms with E-state index in [1.54, 1.807) is 0 Å². The summed E-state index contributed by atoms with van der Waals surface area (Å²) in [5, 5.41) is 0. The van der Waals surface area contributed by atoms with Gasteiger partial charge in [0.1, 0.15) is 11.2 Å². The van der Waals surface area contributed by atoms with E-state index in [4.69, 9.17) is 9.47 Å². The highest BCUT2D eigenvalue weighted by atomic mass is 16.6. The predicted octanol–water partition coefficient (Wildman–Crippen LogP) is 8.75. The molecule has 0 heterocycles. The third-order valence-corrected chi connectivity index (χ3v) is 11.6. The van der Waals surface area contributed by atoms with Crippen LogP contribution in [0, 0.1) is 52.3 Å². The molecule has 0 aromatic rings. The smallest absolute Gasteiger partial charge is 0.320 e. The van der Waals surface area contributed by atoms with Gasteiger partial charge >= 0.3 is 11.9 Å². The van der Waals surface area contributed by atoms with Gasteiger partial charge in [-0.2, -0.15) is 0 Å². The number of fused-ring (bicyclic) bond motifs is 5. The zero-order chi connectivity index (χ0) is 28.1. The van der Waals surface area contributed by atoms with Crippen molar-refractivity contribution in [1.29, 1.82) is 0 Å². The number of ether oxygens (including phenoxy) is 2. The maximum absolute atomic E-state index is 13.1. The van der Waals surface area contributed by atoms with Gasteiger partial charge in [0, 0.05) is 0 Å². The highest BCUT2D eigenvalue weighted by molar-refractivity contribution is 5.95. The lowest BCUT2D eigenvalue weighted by Gasteiger charge is -2.61. The quantitative estimate of drug-likeness (QED) is 0.254. The van der Waals surface area contributed by atoms with Crippen molar-refractivity contribution in [2.45, 2.75) is 151 Å². The number of hydrogen-bond donors (Lipinski definition) is 0. The van der Waals surface area contributed by atoms with Crippen molar-refractivity contribution in [2.75, 3.05) is 0 Å². The van der Waals surface area contributed by atoms with Gasteiger partial charge in [0.15, 0.2) is 5.92 Å². The lowest BCUT2D eigenvalue weighted by Crippen LogP contribution is -2.53. The maximum Gasteiger partial charge on any atom is 0.320 e. The Bertz CT molecular complexity index is 837. The van der Waals surface area contributed by atoms with Crippen LogP contribution in [0.5, 0.6) is 0 Å². The van der Waals surface area contributed by atoms with Gasteiger partial charge in [0.2, 0.25) is 0 Å². The zero-order valence-corrected chi connectivity index (χ0v) is 26.2. The molecule has 38 heavy (non-hydrogen) atoms. The molecule has 0 aliphatic heterocycles. The molecule has 0 saturated heterocycles. The van der Waals surface area contributed by atoms with Gasteiger partial charge in [-0.15, -0.1) is 0 Å². The molecule has 4 rings (SSSR count). The second kappa shape index (κ2) is 10.7. The summed E-state index contributed by atoms with van der Waals surface area (Å²) in [7, 11) is 0. The van der Waals surface area contributed by atoms with E-state index in [0.29, 0.717) is 29.1 Å². The normalized spacial score (nSPS) is 38.1. The van der Waals surface area contributed by atoms with E-state index in [-0.39, 0.29) is 0 Å². The molecule has 0 N–H and O–H groups in total. The summed E-state index contributed by atoms with van der Waals surface area (Å²) in [5.41, 5.74) is -0.268. The Morgan fingerprint density at radius 3 is 1.95 bits per heavy atom. The molecule has 0 aromatic heterocycles. The van der Waals surface area contributed by atoms with Gasteiger partial charge < -0.3 is 9.47 Å². The lowest BCUT2D eigenvalue weighted by atomic mass is 9.44. The van der Waals surface area contributed by atoms with Crippen LogP contribution in [0.25, 0.3) is 0 Å². The van der Waals surface area contributed by atoms with Gasteiger partial charge in [0.25, 0.3) is 0 Å². The van der Waals surface area contributed by atoms with E-state index < -0.39 is 29.1 Å². The lowest BCUT2D eigenvalue weighted by molar-refractivity contribution is -0.175. The fourth-order valence-corrected chi connectivity index (χ4v) is 9.98. The molecule has 4 nitrogen and oxygen atoms in total.